The molecule has 0 aromatic heterocycles. The molecular weight excluding hydrogens is 287 g/mol. The summed E-state index contributed by atoms with van der Waals surface area (Å²) in [6, 6.07) is 5.11. The average Bonchev–Trinajstić information content (AvgIpc) is 2.38. The fourth-order valence-corrected chi connectivity index (χ4v) is 1.98. The number of anilines is 1. The van der Waals surface area contributed by atoms with Gasteiger partial charge in [-0.15, -0.1) is 0 Å². The zero-order valence-corrected chi connectivity index (χ0v) is 12.4. The quantitative estimate of drug-likeness (QED) is 0.726. The molecule has 19 heavy (non-hydrogen) atoms. The maximum atomic E-state index is 11.7. The van der Waals surface area contributed by atoms with Crippen molar-refractivity contribution < 1.29 is 9.53 Å². The minimum atomic E-state index is -0.116. The molecule has 0 fully saturated rings. The van der Waals surface area contributed by atoms with E-state index in [2.05, 4.69) is 10.6 Å². The Morgan fingerprint density at radius 2 is 1.95 bits per heavy atom. The van der Waals surface area contributed by atoms with Crippen LogP contribution in [0.4, 0.5) is 5.69 Å². The highest BCUT2D eigenvalue weighted by Crippen LogP contribution is 2.29. The fourth-order valence-electron chi connectivity index (χ4n) is 1.49. The van der Waals surface area contributed by atoms with Gasteiger partial charge in [0.05, 0.1) is 15.7 Å². The van der Waals surface area contributed by atoms with E-state index in [1.807, 2.05) is 0 Å². The van der Waals surface area contributed by atoms with Crippen molar-refractivity contribution in [1.82, 2.24) is 5.32 Å². The first-order chi connectivity index (χ1) is 9.15. The van der Waals surface area contributed by atoms with Gasteiger partial charge in [0.1, 0.15) is 0 Å². The number of hydrogen-bond acceptors (Lipinski definition) is 3. The Hall–Kier alpha value is -0.810. The summed E-state index contributed by atoms with van der Waals surface area (Å²) in [7, 11) is 1.67. The second-order valence-corrected chi connectivity index (χ2v) is 4.81. The molecule has 0 unspecified atom stereocenters. The van der Waals surface area contributed by atoms with Crippen molar-refractivity contribution >= 4 is 34.8 Å². The molecule has 0 aliphatic heterocycles. The smallest absolute Gasteiger partial charge is 0.225 e. The number of rotatable bonds is 8. The molecule has 1 amide bonds. The molecule has 0 atom stereocenters. The number of amides is 1. The molecule has 1 rings (SSSR count). The number of carbonyl (C=O) groups excluding carboxylic acids is 1. The minimum Gasteiger partial charge on any atom is -0.385 e. The molecule has 4 nitrogen and oxygen atoms in total. The summed E-state index contributed by atoms with van der Waals surface area (Å²) < 4.78 is 4.93. The van der Waals surface area contributed by atoms with Crippen LogP contribution in [0.15, 0.2) is 18.2 Å². The molecular formula is C13H18Cl2N2O2. The van der Waals surface area contributed by atoms with Gasteiger partial charge in [-0.1, -0.05) is 29.3 Å². The van der Waals surface area contributed by atoms with Crippen LogP contribution in [0.2, 0.25) is 10.0 Å². The number of benzene rings is 1. The molecule has 106 valence electrons. The third-order valence-electron chi connectivity index (χ3n) is 2.46. The average molecular weight is 305 g/mol. The van der Waals surface area contributed by atoms with E-state index < -0.39 is 0 Å². The lowest BCUT2D eigenvalue weighted by molar-refractivity contribution is -0.116. The Kier molecular flexibility index (Phi) is 7.82. The normalized spacial score (nSPS) is 10.5. The Morgan fingerprint density at radius 3 is 2.58 bits per heavy atom. The number of hydrogen-bond donors (Lipinski definition) is 2. The summed E-state index contributed by atoms with van der Waals surface area (Å²) in [5.74, 6) is -0.116. The van der Waals surface area contributed by atoms with Crippen LogP contribution in [0.5, 0.6) is 0 Å². The molecule has 0 saturated carbocycles. The Labute approximate surface area is 123 Å². The van der Waals surface area contributed by atoms with E-state index in [0.29, 0.717) is 35.3 Å². The van der Waals surface area contributed by atoms with E-state index in [-0.39, 0.29) is 5.91 Å². The second-order valence-electron chi connectivity index (χ2n) is 3.99. The van der Waals surface area contributed by atoms with Crippen LogP contribution in [0.1, 0.15) is 12.8 Å². The van der Waals surface area contributed by atoms with Gasteiger partial charge in [-0.25, -0.2) is 0 Å². The van der Waals surface area contributed by atoms with Crippen LogP contribution in [0, 0.1) is 0 Å². The van der Waals surface area contributed by atoms with E-state index in [4.69, 9.17) is 27.9 Å². The first-order valence-electron chi connectivity index (χ1n) is 6.08. The molecule has 0 aliphatic carbocycles. The maximum Gasteiger partial charge on any atom is 0.225 e. The third kappa shape index (κ3) is 6.25. The highest BCUT2D eigenvalue weighted by Gasteiger charge is 2.08. The SMILES string of the molecule is COCCCNCCC(=O)Nc1c(Cl)cccc1Cl. The number of methoxy groups -OCH3 is 1. The van der Waals surface area contributed by atoms with E-state index in [0.717, 1.165) is 13.0 Å². The summed E-state index contributed by atoms with van der Waals surface area (Å²) >= 11 is 11.9. The Bertz CT molecular complexity index is 393. The van der Waals surface area contributed by atoms with Gasteiger partial charge in [-0.2, -0.15) is 0 Å². The van der Waals surface area contributed by atoms with Crippen LogP contribution < -0.4 is 10.6 Å². The van der Waals surface area contributed by atoms with Gasteiger partial charge in [0.25, 0.3) is 0 Å². The van der Waals surface area contributed by atoms with Crippen molar-refractivity contribution in [3.63, 3.8) is 0 Å². The molecule has 0 saturated heterocycles. The maximum absolute atomic E-state index is 11.7. The van der Waals surface area contributed by atoms with Crippen LogP contribution >= 0.6 is 23.2 Å². The van der Waals surface area contributed by atoms with E-state index in [1.165, 1.54) is 0 Å². The molecule has 1 aromatic carbocycles. The molecule has 1 aromatic rings. The lowest BCUT2D eigenvalue weighted by Gasteiger charge is -2.09. The van der Waals surface area contributed by atoms with Gasteiger partial charge in [-0.3, -0.25) is 4.79 Å². The van der Waals surface area contributed by atoms with Crippen LogP contribution in [-0.2, 0) is 9.53 Å². The standard InChI is InChI=1S/C13H18Cl2N2O2/c1-19-9-3-7-16-8-6-12(18)17-13-10(14)4-2-5-11(13)15/h2,4-5,16H,3,6-9H2,1H3,(H,17,18). The Morgan fingerprint density at radius 1 is 1.26 bits per heavy atom. The predicted octanol–water partition coefficient (Wildman–Crippen LogP) is 2.95. The predicted molar refractivity (Wildman–Crippen MR) is 79.1 cm³/mol. The molecule has 6 heteroatoms. The summed E-state index contributed by atoms with van der Waals surface area (Å²) in [4.78, 5) is 11.7. The number of carbonyl (C=O) groups is 1. The highest BCUT2D eigenvalue weighted by molar-refractivity contribution is 6.39. The summed E-state index contributed by atoms with van der Waals surface area (Å²) in [5, 5.41) is 6.75. The zero-order valence-electron chi connectivity index (χ0n) is 10.8. The lowest BCUT2D eigenvalue weighted by Crippen LogP contribution is -2.23. The van der Waals surface area contributed by atoms with Gasteiger partial charge < -0.3 is 15.4 Å². The largest absolute Gasteiger partial charge is 0.385 e. The van der Waals surface area contributed by atoms with Crippen molar-refractivity contribution in [2.75, 3.05) is 32.1 Å². The van der Waals surface area contributed by atoms with Crippen LogP contribution in [0.25, 0.3) is 0 Å². The lowest BCUT2D eigenvalue weighted by atomic mass is 10.3. The number of halogens is 2. The fraction of sp³-hybridized carbons (Fsp3) is 0.462. The number of para-hydroxylation sites is 1. The van der Waals surface area contributed by atoms with E-state index in [9.17, 15) is 4.79 Å². The summed E-state index contributed by atoms with van der Waals surface area (Å²) in [6.45, 7) is 2.15. The van der Waals surface area contributed by atoms with Gasteiger partial charge in [0.15, 0.2) is 0 Å². The topological polar surface area (TPSA) is 50.4 Å². The van der Waals surface area contributed by atoms with Crippen molar-refractivity contribution in [1.29, 1.82) is 0 Å². The van der Waals surface area contributed by atoms with Crippen LogP contribution in [0.3, 0.4) is 0 Å². The summed E-state index contributed by atoms with van der Waals surface area (Å²) in [6.07, 6.45) is 1.29. The molecule has 0 bridgehead atoms. The van der Waals surface area contributed by atoms with Crippen molar-refractivity contribution in [3.05, 3.63) is 28.2 Å². The molecule has 2 N–H and O–H groups in total. The van der Waals surface area contributed by atoms with Gasteiger partial charge in [0, 0.05) is 26.7 Å². The number of nitrogens with one attached hydrogen (secondary N) is 2. The first kappa shape index (κ1) is 16.2. The van der Waals surface area contributed by atoms with Crippen molar-refractivity contribution in [2.24, 2.45) is 0 Å². The Balaban J connectivity index is 2.28. The molecule has 0 heterocycles. The van der Waals surface area contributed by atoms with Crippen LogP contribution in [-0.4, -0.2) is 32.7 Å². The molecule has 0 aliphatic rings. The van der Waals surface area contributed by atoms with E-state index >= 15 is 0 Å². The van der Waals surface area contributed by atoms with Crippen molar-refractivity contribution in [2.45, 2.75) is 12.8 Å². The van der Waals surface area contributed by atoms with Gasteiger partial charge in [-0.05, 0) is 25.1 Å². The summed E-state index contributed by atoms with van der Waals surface area (Å²) in [5.41, 5.74) is 0.468. The van der Waals surface area contributed by atoms with Crippen molar-refractivity contribution in [3.8, 4) is 0 Å². The van der Waals surface area contributed by atoms with Gasteiger partial charge in [0.2, 0.25) is 5.91 Å². The zero-order chi connectivity index (χ0) is 14.1. The number of ether oxygens (including phenoxy) is 1. The monoisotopic (exact) mass is 304 g/mol. The highest BCUT2D eigenvalue weighted by atomic mass is 35.5. The van der Waals surface area contributed by atoms with Gasteiger partial charge >= 0.3 is 0 Å². The molecule has 0 radical (unpaired) electrons. The second kappa shape index (κ2) is 9.15. The van der Waals surface area contributed by atoms with E-state index in [1.54, 1.807) is 25.3 Å². The minimum absolute atomic E-state index is 0.116. The first-order valence-corrected chi connectivity index (χ1v) is 6.84. The third-order valence-corrected chi connectivity index (χ3v) is 3.09. The molecule has 0 spiro atoms.